The number of nitrogens with one attached hydrogen (secondary N) is 1. The number of benzene rings is 2. The van der Waals surface area contributed by atoms with Crippen molar-refractivity contribution >= 4 is 11.6 Å². The van der Waals surface area contributed by atoms with Crippen LogP contribution in [0.4, 0.5) is 4.39 Å². The third kappa shape index (κ3) is 2.76. The Kier molecular flexibility index (Phi) is 3.87. The molecule has 0 aliphatic carbocycles. The quantitative estimate of drug-likeness (QED) is 0.932. The minimum atomic E-state index is -0.207. The van der Waals surface area contributed by atoms with Crippen LogP contribution in [0.1, 0.15) is 11.1 Å². The molecular formula is C17H17ClFNO. The molecule has 3 rings (SSSR count). The average molecular weight is 306 g/mol. The molecule has 0 radical (unpaired) electrons. The van der Waals surface area contributed by atoms with E-state index in [0.29, 0.717) is 5.02 Å². The predicted octanol–water partition coefficient (Wildman–Crippen LogP) is 3.57. The Balaban J connectivity index is 1.94. The molecule has 0 atom stereocenters. The highest BCUT2D eigenvalue weighted by Crippen LogP contribution is 2.36. The number of hydrogen-bond acceptors (Lipinski definition) is 2. The molecule has 1 N–H and O–H groups in total. The first kappa shape index (κ1) is 14.4. The Labute approximate surface area is 128 Å². The second-order valence-corrected chi connectivity index (χ2v) is 5.96. The highest BCUT2D eigenvalue weighted by atomic mass is 35.5. The van der Waals surface area contributed by atoms with Crippen molar-refractivity contribution in [1.82, 2.24) is 5.32 Å². The topological polar surface area (TPSA) is 21.3 Å². The molecule has 4 heteroatoms. The van der Waals surface area contributed by atoms with Gasteiger partial charge >= 0.3 is 0 Å². The van der Waals surface area contributed by atoms with Gasteiger partial charge in [0.05, 0.1) is 7.11 Å². The predicted molar refractivity (Wildman–Crippen MR) is 82.7 cm³/mol. The van der Waals surface area contributed by atoms with Crippen LogP contribution >= 0.6 is 11.6 Å². The van der Waals surface area contributed by atoms with Gasteiger partial charge in [-0.3, -0.25) is 0 Å². The van der Waals surface area contributed by atoms with Crippen LogP contribution in [-0.2, 0) is 11.8 Å². The van der Waals surface area contributed by atoms with Gasteiger partial charge in [0.2, 0.25) is 0 Å². The Bertz CT molecular complexity index is 638. The van der Waals surface area contributed by atoms with E-state index in [1.807, 2.05) is 30.3 Å². The molecule has 1 aliphatic rings. The lowest BCUT2D eigenvalue weighted by Gasteiger charge is -2.43. The highest BCUT2D eigenvalue weighted by Gasteiger charge is 2.39. The van der Waals surface area contributed by atoms with E-state index in [-0.39, 0.29) is 11.2 Å². The summed E-state index contributed by atoms with van der Waals surface area (Å²) in [5, 5.41) is 4.02. The molecule has 1 aliphatic heterocycles. The fourth-order valence-corrected chi connectivity index (χ4v) is 3.11. The summed E-state index contributed by atoms with van der Waals surface area (Å²) < 4.78 is 18.6. The van der Waals surface area contributed by atoms with Crippen molar-refractivity contribution in [3.63, 3.8) is 0 Å². The second-order valence-electron chi connectivity index (χ2n) is 5.52. The summed E-state index contributed by atoms with van der Waals surface area (Å²) in [6.07, 6.45) is 0.815. The summed E-state index contributed by atoms with van der Waals surface area (Å²) in [6, 6.07) is 12.4. The molecule has 1 saturated heterocycles. The number of ether oxygens (including phenoxy) is 1. The van der Waals surface area contributed by atoms with Gasteiger partial charge in [0.15, 0.2) is 0 Å². The molecule has 110 valence electrons. The number of methoxy groups -OCH3 is 1. The lowest BCUT2D eigenvalue weighted by molar-refractivity contribution is 0.271. The van der Waals surface area contributed by atoms with Gasteiger partial charge < -0.3 is 10.1 Å². The third-order valence-electron chi connectivity index (χ3n) is 4.15. The normalized spacial score (nSPS) is 16.3. The Morgan fingerprint density at radius 3 is 2.48 bits per heavy atom. The first-order valence-corrected chi connectivity index (χ1v) is 7.30. The minimum Gasteiger partial charge on any atom is -0.496 e. The van der Waals surface area contributed by atoms with Gasteiger partial charge in [0.25, 0.3) is 0 Å². The zero-order chi connectivity index (χ0) is 14.9. The molecule has 2 aromatic rings. The Hall–Kier alpha value is -1.58. The van der Waals surface area contributed by atoms with E-state index in [0.717, 1.165) is 36.4 Å². The number of hydrogen-bond donors (Lipinski definition) is 1. The van der Waals surface area contributed by atoms with E-state index in [2.05, 4.69) is 5.32 Å². The molecule has 2 aromatic carbocycles. The molecule has 0 bridgehead atoms. The molecule has 0 unspecified atom stereocenters. The van der Waals surface area contributed by atoms with Gasteiger partial charge in [-0.15, -0.1) is 0 Å². The van der Waals surface area contributed by atoms with E-state index in [1.54, 1.807) is 7.11 Å². The summed E-state index contributed by atoms with van der Waals surface area (Å²) >= 11 is 6.11. The smallest absolute Gasteiger partial charge is 0.123 e. The van der Waals surface area contributed by atoms with Crippen molar-refractivity contribution in [3.05, 3.63) is 64.4 Å². The average Bonchev–Trinajstić information content (AvgIpc) is 2.44. The van der Waals surface area contributed by atoms with Crippen molar-refractivity contribution in [2.75, 3.05) is 20.2 Å². The number of halogens is 2. The van der Waals surface area contributed by atoms with Crippen LogP contribution < -0.4 is 10.1 Å². The van der Waals surface area contributed by atoms with E-state index in [1.165, 1.54) is 12.1 Å². The van der Waals surface area contributed by atoms with Crippen LogP contribution in [-0.4, -0.2) is 20.2 Å². The van der Waals surface area contributed by atoms with E-state index < -0.39 is 0 Å². The maximum Gasteiger partial charge on any atom is 0.123 e. The lowest BCUT2D eigenvalue weighted by atomic mass is 9.71. The van der Waals surface area contributed by atoms with Gasteiger partial charge in [0.1, 0.15) is 11.6 Å². The molecule has 21 heavy (non-hydrogen) atoms. The maximum absolute atomic E-state index is 13.1. The standard InChI is InChI=1S/C17H17ClFNO/c1-21-16-7-4-14(18)8-12(16)9-17(10-20-11-17)13-2-5-15(19)6-3-13/h2-8,20H,9-11H2,1H3. The summed E-state index contributed by atoms with van der Waals surface area (Å²) in [7, 11) is 1.66. The van der Waals surface area contributed by atoms with E-state index in [4.69, 9.17) is 16.3 Å². The molecule has 0 saturated carbocycles. The monoisotopic (exact) mass is 305 g/mol. The first-order valence-electron chi connectivity index (χ1n) is 6.92. The fraction of sp³-hybridized carbons (Fsp3) is 0.294. The molecule has 1 fully saturated rings. The van der Waals surface area contributed by atoms with Gasteiger partial charge in [-0.05, 0) is 47.9 Å². The van der Waals surface area contributed by atoms with Gasteiger partial charge in [0, 0.05) is 23.5 Å². The molecule has 1 heterocycles. The van der Waals surface area contributed by atoms with Crippen molar-refractivity contribution in [2.45, 2.75) is 11.8 Å². The zero-order valence-electron chi connectivity index (χ0n) is 11.8. The zero-order valence-corrected chi connectivity index (χ0v) is 12.6. The lowest BCUT2D eigenvalue weighted by Crippen LogP contribution is -2.58. The van der Waals surface area contributed by atoms with Crippen LogP contribution in [0, 0.1) is 5.82 Å². The Morgan fingerprint density at radius 1 is 1.19 bits per heavy atom. The van der Waals surface area contributed by atoms with Gasteiger partial charge in [-0.2, -0.15) is 0 Å². The fourth-order valence-electron chi connectivity index (χ4n) is 2.91. The van der Waals surface area contributed by atoms with Gasteiger partial charge in [-0.1, -0.05) is 23.7 Å². The third-order valence-corrected chi connectivity index (χ3v) is 4.39. The SMILES string of the molecule is COc1ccc(Cl)cc1CC1(c2ccc(F)cc2)CNC1. The molecule has 0 aromatic heterocycles. The van der Waals surface area contributed by atoms with Crippen LogP contribution in [0.25, 0.3) is 0 Å². The van der Waals surface area contributed by atoms with Gasteiger partial charge in [-0.25, -0.2) is 4.39 Å². The summed E-state index contributed by atoms with van der Waals surface area (Å²) in [4.78, 5) is 0. The van der Waals surface area contributed by atoms with Crippen LogP contribution in [0.15, 0.2) is 42.5 Å². The maximum atomic E-state index is 13.1. The molecule has 0 spiro atoms. The van der Waals surface area contributed by atoms with E-state index >= 15 is 0 Å². The van der Waals surface area contributed by atoms with Crippen molar-refractivity contribution < 1.29 is 9.13 Å². The molecular weight excluding hydrogens is 289 g/mol. The van der Waals surface area contributed by atoms with Crippen LogP contribution in [0.2, 0.25) is 5.02 Å². The highest BCUT2D eigenvalue weighted by molar-refractivity contribution is 6.30. The van der Waals surface area contributed by atoms with E-state index in [9.17, 15) is 4.39 Å². The van der Waals surface area contributed by atoms with Crippen molar-refractivity contribution in [3.8, 4) is 5.75 Å². The second kappa shape index (κ2) is 5.66. The molecule has 2 nitrogen and oxygen atoms in total. The molecule has 0 amide bonds. The van der Waals surface area contributed by atoms with Crippen LogP contribution in [0.3, 0.4) is 0 Å². The first-order chi connectivity index (χ1) is 10.1. The Morgan fingerprint density at radius 2 is 1.90 bits per heavy atom. The van der Waals surface area contributed by atoms with Crippen molar-refractivity contribution in [2.24, 2.45) is 0 Å². The largest absolute Gasteiger partial charge is 0.496 e. The minimum absolute atomic E-state index is 0.0222. The summed E-state index contributed by atoms with van der Waals surface area (Å²) in [5.74, 6) is 0.634. The summed E-state index contributed by atoms with van der Waals surface area (Å²) in [6.45, 7) is 1.74. The number of rotatable bonds is 4. The summed E-state index contributed by atoms with van der Waals surface area (Å²) in [5.41, 5.74) is 2.20. The van der Waals surface area contributed by atoms with Crippen molar-refractivity contribution in [1.29, 1.82) is 0 Å². The van der Waals surface area contributed by atoms with Crippen LogP contribution in [0.5, 0.6) is 5.75 Å².